The lowest BCUT2D eigenvalue weighted by Crippen LogP contribution is -2.22. The number of carbonyl (C=O) groups is 1. The van der Waals surface area contributed by atoms with E-state index in [2.05, 4.69) is 6.58 Å². The van der Waals surface area contributed by atoms with Gasteiger partial charge in [-0.1, -0.05) is 13.5 Å². The number of rotatable bonds is 2. The SMILES string of the molecule is C=CC(=O)OC1COCC1C. The summed E-state index contributed by atoms with van der Waals surface area (Å²) in [6.07, 6.45) is 1.09. The standard InChI is InChI=1S/C8H12O3/c1-3-8(9)11-7-5-10-4-6(7)2/h3,6-7H,1,4-5H2,2H3. The van der Waals surface area contributed by atoms with Crippen LogP contribution in [0.1, 0.15) is 6.92 Å². The predicted octanol–water partition coefficient (Wildman–Crippen LogP) is 0.750. The van der Waals surface area contributed by atoms with Crippen molar-refractivity contribution in [3.63, 3.8) is 0 Å². The van der Waals surface area contributed by atoms with Crippen LogP contribution in [0.3, 0.4) is 0 Å². The van der Waals surface area contributed by atoms with Gasteiger partial charge >= 0.3 is 5.97 Å². The van der Waals surface area contributed by atoms with Gasteiger partial charge in [0.1, 0.15) is 6.10 Å². The van der Waals surface area contributed by atoms with Crippen molar-refractivity contribution in [1.29, 1.82) is 0 Å². The molecule has 0 aromatic heterocycles. The maximum atomic E-state index is 10.7. The number of esters is 1. The van der Waals surface area contributed by atoms with Crippen molar-refractivity contribution in [3.05, 3.63) is 12.7 Å². The molecule has 2 unspecified atom stereocenters. The highest BCUT2D eigenvalue weighted by atomic mass is 16.6. The Morgan fingerprint density at radius 3 is 2.91 bits per heavy atom. The lowest BCUT2D eigenvalue weighted by molar-refractivity contribution is -0.144. The molecule has 0 aromatic rings. The molecule has 1 aliphatic heterocycles. The molecule has 3 nitrogen and oxygen atoms in total. The molecule has 2 atom stereocenters. The molecule has 0 bridgehead atoms. The molecular formula is C8H12O3. The van der Waals surface area contributed by atoms with E-state index in [9.17, 15) is 4.79 Å². The van der Waals surface area contributed by atoms with Gasteiger partial charge < -0.3 is 9.47 Å². The largest absolute Gasteiger partial charge is 0.456 e. The minimum atomic E-state index is -0.368. The molecule has 1 fully saturated rings. The Balaban J connectivity index is 2.36. The third-order valence-corrected chi connectivity index (χ3v) is 1.73. The second-order valence-electron chi connectivity index (χ2n) is 2.69. The number of hydrogen-bond acceptors (Lipinski definition) is 3. The lowest BCUT2D eigenvalue weighted by Gasteiger charge is -2.12. The van der Waals surface area contributed by atoms with Gasteiger partial charge in [0.2, 0.25) is 0 Å². The first-order valence-corrected chi connectivity index (χ1v) is 3.65. The minimum Gasteiger partial charge on any atom is -0.456 e. The first-order chi connectivity index (χ1) is 5.24. The summed E-state index contributed by atoms with van der Waals surface area (Å²) in [6, 6.07) is 0. The van der Waals surface area contributed by atoms with E-state index in [-0.39, 0.29) is 12.1 Å². The fraction of sp³-hybridized carbons (Fsp3) is 0.625. The lowest BCUT2D eigenvalue weighted by atomic mass is 10.1. The van der Waals surface area contributed by atoms with E-state index in [1.807, 2.05) is 6.92 Å². The zero-order valence-corrected chi connectivity index (χ0v) is 6.58. The van der Waals surface area contributed by atoms with Crippen LogP contribution in [-0.4, -0.2) is 25.3 Å². The van der Waals surface area contributed by atoms with Gasteiger partial charge in [-0.2, -0.15) is 0 Å². The summed E-state index contributed by atoms with van der Waals surface area (Å²) >= 11 is 0. The average molecular weight is 156 g/mol. The maximum absolute atomic E-state index is 10.7. The first kappa shape index (κ1) is 8.27. The Kier molecular flexibility index (Phi) is 2.65. The molecule has 0 saturated carbocycles. The molecule has 62 valence electrons. The summed E-state index contributed by atoms with van der Waals surface area (Å²) in [7, 11) is 0. The van der Waals surface area contributed by atoms with E-state index in [0.29, 0.717) is 19.1 Å². The van der Waals surface area contributed by atoms with Gasteiger partial charge in [-0.3, -0.25) is 0 Å². The first-order valence-electron chi connectivity index (χ1n) is 3.65. The number of hydrogen-bond donors (Lipinski definition) is 0. The Labute approximate surface area is 66.0 Å². The van der Waals surface area contributed by atoms with Crippen molar-refractivity contribution in [3.8, 4) is 0 Å². The van der Waals surface area contributed by atoms with E-state index in [4.69, 9.17) is 9.47 Å². The summed E-state index contributed by atoms with van der Waals surface area (Å²) in [5.74, 6) is -0.0637. The van der Waals surface area contributed by atoms with Gasteiger partial charge in [-0.25, -0.2) is 4.79 Å². The van der Waals surface area contributed by atoms with Crippen LogP contribution in [0.5, 0.6) is 0 Å². The highest BCUT2D eigenvalue weighted by Gasteiger charge is 2.26. The van der Waals surface area contributed by atoms with Crippen LogP contribution in [0, 0.1) is 5.92 Å². The van der Waals surface area contributed by atoms with Crippen LogP contribution in [0.2, 0.25) is 0 Å². The van der Waals surface area contributed by atoms with E-state index in [1.165, 1.54) is 6.08 Å². The monoisotopic (exact) mass is 156 g/mol. The number of carbonyl (C=O) groups excluding carboxylic acids is 1. The minimum absolute atomic E-state index is 0.0829. The molecule has 0 aliphatic carbocycles. The van der Waals surface area contributed by atoms with Gasteiger partial charge in [0, 0.05) is 12.0 Å². The fourth-order valence-electron chi connectivity index (χ4n) is 0.989. The Morgan fingerprint density at radius 1 is 1.73 bits per heavy atom. The maximum Gasteiger partial charge on any atom is 0.330 e. The van der Waals surface area contributed by atoms with Gasteiger partial charge in [0.05, 0.1) is 13.2 Å². The van der Waals surface area contributed by atoms with E-state index in [1.54, 1.807) is 0 Å². The zero-order valence-electron chi connectivity index (χ0n) is 6.58. The Hall–Kier alpha value is -0.830. The third-order valence-electron chi connectivity index (χ3n) is 1.73. The van der Waals surface area contributed by atoms with Gasteiger partial charge in [0.25, 0.3) is 0 Å². The van der Waals surface area contributed by atoms with E-state index in [0.717, 1.165) is 0 Å². The molecule has 0 radical (unpaired) electrons. The smallest absolute Gasteiger partial charge is 0.330 e. The van der Waals surface area contributed by atoms with Crippen molar-refractivity contribution in [2.24, 2.45) is 5.92 Å². The molecule has 0 N–H and O–H groups in total. The third kappa shape index (κ3) is 2.05. The van der Waals surface area contributed by atoms with Crippen LogP contribution < -0.4 is 0 Å². The van der Waals surface area contributed by atoms with Crippen LogP contribution in [-0.2, 0) is 14.3 Å². The van der Waals surface area contributed by atoms with Crippen LogP contribution in [0.15, 0.2) is 12.7 Å². The predicted molar refractivity (Wildman–Crippen MR) is 40.1 cm³/mol. The molecule has 1 aliphatic rings. The molecule has 1 rings (SSSR count). The normalized spacial score (nSPS) is 29.9. The molecule has 1 saturated heterocycles. The highest BCUT2D eigenvalue weighted by Crippen LogP contribution is 2.15. The van der Waals surface area contributed by atoms with Crippen LogP contribution >= 0.6 is 0 Å². The van der Waals surface area contributed by atoms with Crippen molar-refractivity contribution in [1.82, 2.24) is 0 Å². The number of ether oxygens (including phenoxy) is 2. The van der Waals surface area contributed by atoms with Crippen LogP contribution in [0.25, 0.3) is 0 Å². The van der Waals surface area contributed by atoms with Gasteiger partial charge in [-0.05, 0) is 0 Å². The summed E-state index contributed by atoms with van der Waals surface area (Å²) in [4.78, 5) is 10.7. The van der Waals surface area contributed by atoms with Crippen molar-refractivity contribution in [2.75, 3.05) is 13.2 Å². The quantitative estimate of drug-likeness (QED) is 0.437. The van der Waals surface area contributed by atoms with Crippen molar-refractivity contribution < 1.29 is 14.3 Å². The molecular weight excluding hydrogens is 144 g/mol. The van der Waals surface area contributed by atoms with Crippen molar-refractivity contribution in [2.45, 2.75) is 13.0 Å². The van der Waals surface area contributed by atoms with E-state index < -0.39 is 0 Å². The van der Waals surface area contributed by atoms with E-state index >= 15 is 0 Å². The summed E-state index contributed by atoms with van der Waals surface area (Å²) in [6.45, 7) is 6.50. The summed E-state index contributed by atoms with van der Waals surface area (Å²) in [5.41, 5.74) is 0. The summed E-state index contributed by atoms with van der Waals surface area (Å²) in [5, 5.41) is 0. The summed E-state index contributed by atoms with van der Waals surface area (Å²) < 4.78 is 10.1. The zero-order chi connectivity index (χ0) is 8.27. The molecule has 3 heteroatoms. The molecule has 11 heavy (non-hydrogen) atoms. The fourth-order valence-corrected chi connectivity index (χ4v) is 0.989. The molecule has 0 amide bonds. The molecule has 0 aromatic carbocycles. The Morgan fingerprint density at radius 2 is 2.45 bits per heavy atom. The van der Waals surface area contributed by atoms with Crippen LogP contribution in [0.4, 0.5) is 0 Å². The second kappa shape index (κ2) is 3.53. The highest BCUT2D eigenvalue weighted by molar-refractivity contribution is 5.81. The molecule has 0 spiro atoms. The topological polar surface area (TPSA) is 35.5 Å². The van der Waals surface area contributed by atoms with Gasteiger partial charge in [-0.15, -0.1) is 0 Å². The second-order valence-corrected chi connectivity index (χ2v) is 2.69. The Bertz CT molecular complexity index is 165. The average Bonchev–Trinajstić information content (AvgIpc) is 2.37. The molecule has 1 heterocycles. The van der Waals surface area contributed by atoms with Crippen molar-refractivity contribution >= 4 is 5.97 Å². The van der Waals surface area contributed by atoms with Gasteiger partial charge in [0.15, 0.2) is 0 Å².